The van der Waals surface area contributed by atoms with Crippen LogP contribution in [0.4, 0.5) is 5.69 Å². The van der Waals surface area contributed by atoms with Crippen LogP contribution in [0.2, 0.25) is 0 Å². The van der Waals surface area contributed by atoms with Gasteiger partial charge < -0.3 is 5.32 Å². The van der Waals surface area contributed by atoms with Crippen molar-refractivity contribution in [3.63, 3.8) is 0 Å². The highest BCUT2D eigenvalue weighted by molar-refractivity contribution is 5.37. The minimum Gasteiger partial charge on any atom is -0.386 e. The zero-order valence-corrected chi connectivity index (χ0v) is 10.4. The van der Waals surface area contributed by atoms with Crippen molar-refractivity contribution in [2.24, 2.45) is 0 Å². The number of nitriles is 2. The minimum atomic E-state index is -0.223. The maximum atomic E-state index is 8.98. The van der Waals surface area contributed by atoms with Crippen molar-refractivity contribution in [3.8, 4) is 12.1 Å². The monoisotopic (exact) mass is 244 g/mol. The van der Waals surface area contributed by atoms with Gasteiger partial charge in [-0.3, -0.25) is 9.58 Å². The van der Waals surface area contributed by atoms with E-state index in [0.29, 0.717) is 12.8 Å². The summed E-state index contributed by atoms with van der Waals surface area (Å²) in [7, 11) is 1.85. The van der Waals surface area contributed by atoms with Crippen LogP contribution in [0, 0.1) is 22.7 Å². The molecular formula is C12H16N6. The quantitative estimate of drug-likeness (QED) is 0.827. The molecule has 1 aromatic rings. The Bertz CT molecular complexity index is 485. The summed E-state index contributed by atoms with van der Waals surface area (Å²) in [5.41, 5.74) is 0.724. The van der Waals surface area contributed by atoms with E-state index in [-0.39, 0.29) is 5.54 Å². The molecule has 0 saturated carbocycles. The van der Waals surface area contributed by atoms with Gasteiger partial charge >= 0.3 is 0 Å². The molecule has 0 unspecified atom stereocenters. The molecule has 1 fully saturated rings. The molecule has 1 aromatic heterocycles. The highest BCUT2D eigenvalue weighted by Gasteiger charge is 2.44. The molecule has 0 radical (unpaired) electrons. The summed E-state index contributed by atoms with van der Waals surface area (Å²) in [4.78, 5) is 2.18. The summed E-state index contributed by atoms with van der Waals surface area (Å²) in [6, 6.07) is 4.38. The van der Waals surface area contributed by atoms with Gasteiger partial charge in [0.25, 0.3) is 0 Å². The first-order valence-electron chi connectivity index (χ1n) is 5.93. The van der Waals surface area contributed by atoms with Gasteiger partial charge in [-0.2, -0.15) is 15.6 Å². The van der Waals surface area contributed by atoms with Gasteiger partial charge in [0.15, 0.2) is 0 Å². The van der Waals surface area contributed by atoms with Crippen LogP contribution in [-0.4, -0.2) is 41.4 Å². The summed E-state index contributed by atoms with van der Waals surface area (Å²) in [5.74, 6) is 0. The molecule has 2 heterocycles. The Labute approximate surface area is 106 Å². The van der Waals surface area contributed by atoms with E-state index in [1.165, 1.54) is 0 Å². The number of rotatable bonds is 5. The van der Waals surface area contributed by atoms with E-state index >= 15 is 0 Å². The number of nitrogens with one attached hydrogen (secondary N) is 1. The molecular weight excluding hydrogens is 228 g/mol. The third-order valence-electron chi connectivity index (χ3n) is 3.34. The lowest BCUT2D eigenvalue weighted by molar-refractivity contribution is 0.00703. The van der Waals surface area contributed by atoms with E-state index in [1.54, 1.807) is 6.20 Å². The summed E-state index contributed by atoms with van der Waals surface area (Å²) in [6.45, 7) is 2.34. The molecule has 0 spiro atoms. The van der Waals surface area contributed by atoms with Crippen molar-refractivity contribution in [1.29, 1.82) is 10.5 Å². The second-order valence-corrected chi connectivity index (χ2v) is 4.60. The Balaban J connectivity index is 2.07. The van der Waals surface area contributed by atoms with E-state index < -0.39 is 0 Å². The van der Waals surface area contributed by atoms with Crippen LogP contribution in [0.25, 0.3) is 0 Å². The first-order valence-corrected chi connectivity index (χ1v) is 5.93. The van der Waals surface area contributed by atoms with E-state index in [0.717, 1.165) is 25.3 Å². The van der Waals surface area contributed by atoms with Crippen molar-refractivity contribution < 1.29 is 0 Å². The van der Waals surface area contributed by atoms with E-state index in [2.05, 4.69) is 27.5 Å². The fourth-order valence-corrected chi connectivity index (χ4v) is 2.35. The van der Waals surface area contributed by atoms with Gasteiger partial charge in [0.1, 0.15) is 5.54 Å². The second-order valence-electron chi connectivity index (χ2n) is 4.60. The van der Waals surface area contributed by atoms with Gasteiger partial charge in [-0.15, -0.1) is 0 Å². The van der Waals surface area contributed by atoms with Crippen LogP contribution < -0.4 is 5.32 Å². The van der Waals surface area contributed by atoms with Gasteiger partial charge in [0.2, 0.25) is 0 Å². The number of hydrogen-bond donors (Lipinski definition) is 1. The zero-order valence-electron chi connectivity index (χ0n) is 10.4. The molecule has 18 heavy (non-hydrogen) atoms. The number of anilines is 1. The third-order valence-corrected chi connectivity index (χ3v) is 3.34. The number of hydrogen-bond acceptors (Lipinski definition) is 5. The summed E-state index contributed by atoms with van der Waals surface area (Å²) >= 11 is 0. The minimum absolute atomic E-state index is 0.223. The molecule has 6 heteroatoms. The average molecular weight is 244 g/mol. The smallest absolute Gasteiger partial charge is 0.101 e. The predicted octanol–water partition coefficient (Wildman–Crippen LogP) is 0.763. The summed E-state index contributed by atoms with van der Waals surface area (Å²) < 4.78 is 1.88. The maximum Gasteiger partial charge on any atom is 0.101 e. The molecule has 1 aliphatic heterocycles. The zero-order chi connectivity index (χ0) is 13.0. The molecule has 1 saturated heterocycles. The molecule has 2 rings (SSSR count). The molecule has 0 aromatic carbocycles. The lowest BCUT2D eigenvalue weighted by atomic mass is 9.86. The Hall–Kier alpha value is -2.05. The van der Waals surface area contributed by atoms with Gasteiger partial charge in [-0.05, 0) is 0 Å². The fourth-order valence-electron chi connectivity index (χ4n) is 2.35. The van der Waals surface area contributed by atoms with Gasteiger partial charge in [-0.1, -0.05) is 0 Å². The molecule has 1 N–H and O–H groups in total. The standard InChI is InChI=1S/C12H16N6/c1-15-11-7-16-18(8-11)12(3-5-14)9-17(10-12)6-2-4-13/h7-8,15H,2-3,6,9-10H2,1H3. The van der Waals surface area contributed by atoms with Crippen molar-refractivity contribution in [3.05, 3.63) is 12.4 Å². The fraction of sp³-hybridized carbons (Fsp3) is 0.583. The first-order chi connectivity index (χ1) is 8.74. The molecule has 0 aliphatic carbocycles. The lowest BCUT2D eigenvalue weighted by Gasteiger charge is -2.48. The largest absolute Gasteiger partial charge is 0.386 e. The highest BCUT2D eigenvalue weighted by Crippen LogP contribution is 2.32. The Morgan fingerprint density at radius 2 is 2.22 bits per heavy atom. The van der Waals surface area contributed by atoms with Crippen LogP contribution >= 0.6 is 0 Å². The number of aromatic nitrogens is 2. The molecule has 0 bridgehead atoms. The van der Waals surface area contributed by atoms with Gasteiger partial charge in [0.05, 0.1) is 30.4 Å². The SMILES string of the molecule is CNc1cnn(C2(CC#N)CN(CCC#N)C2)c1. The van der Waals surface area contributed by atoms with Crippen LogP contribution in [0.3, 0.4) is 0 Å². The number of likely N-dealkylation sites (tertiary alicyclic amines) is 1. The molecule has 0 atom stereocenters. The summed E-state index contributed by atoms with van der Waals surface area (Å²) in [6.07, 6.45) is 4.67. The van der Waals surface area contributed by atoms with Crippen LogP contribution in [0.1, 0.15) is 12.8 Å². The maximum absolute atomic E-state index is 8.98. The topological polar surface area (TPSA) is 80.7 Å². The first kappa shape index (κ1) is 12.4. The van der Waals surface area contributed by atoms with Crippen molar-refractivity contribution in [2.45, 2.75) is 18.4 Å². The van der Waals surface area contributed by atoms with E-state index in [9.17, 15) is 0 Å². The number of nitrogens with zero attached hydrogens (tertiary/aromatic N) is 5. The molecule has 0 amide bonds. The van der Waals surface area contributed by atoms with Crippen LogP contribution in [0.5, 0.6) is 0 Å². The molecule has 1 aliphatic rings. The van der Waals surface area contributed by atoms with Gasteiger partial charge in [-0.25, -0.2) is 0 Å². The third kappa shape index (κ3) is 2.15. The van der Waals surface area contributed by atoms with Gasteiger partial charge in [0, 0.05) is 39.3 Å². The Morgan fingerprint density at radius 1 is 1.44 bits per heavy atom. The Kier molecular flexibility index (Phi) is 3.50. The van der Waals surface area contributed by atoms with Crippen LogP contribution in [-0.2, 0) is 5.54 Å². The normalized spacial score (nSPS) is 17.5. The lowest BCUT2D eigenvalue weighted by Crippen LogP contribution is -2.62. The van der Waals surface area contributed by atoms with E-state index in [1.807, 2.05) is 17.9 Å². The second kappa shape index (κ2) is 5.07. The van der Waals surface area contributed by atoms with Crippen LogP contribution in [0.15, 0.2) is 12.4 Å². The van der Waals surface area contributed by atoms with Crippen molar-refractivity contribution >= 4 is 5.69 Å². The van der Waals surface area contributed by atoms with Crippen molar-refractivity contribution in [1.82, 2.24) is 14.7 Å². The highest BCUT2D eigenvalue weighted by atomic mass is 15.4. The van der Waals surface area contributed by atoms with E-state index in [4.69, 9.17) is 10.5 Å². The molecule has 6 nitrogen and oxygen atoms in total. The van der Waals surface area contributed by atoms with Crippen molar-refractivity contribution in [2.75, 3.05) is 32.0 Å². The average Bonchev–Trinajstić information content (AvgIpc) is 2.80. The Morgan fingerprint density at radius 3 is 2.78 bits per heavy atom. The summed E-state index contributed by atoms with van der Waals surface area (Å²) in [5, 5.41) is 24.9. The molecule has 94 valence electrons. The predicted molar refractivity (Wildman–Crippen MR) is 66.6 cm³/mol.